The molecule has 5 heteroatoms. The van der Waals surface area contributed by atoms with Crippen molar-refractivity contribution in [3.63, 3.8) is 0 Å². The first-order valence-electron chi connectivity index (χ1n) is 6.76. The van der Waals surface area contributed by atoms with Gasteiger partial charge in [-0.2, -0.15) is 0 Å². The molecule has 0 saturated carbocycles. The minimum atomic E-state index is 0.566. The van der Waals surface area contributed by atoms with Gasteiger partial charge in [0.25, 0.3) is 0 Å². The van der Waals surface area contributed by atoms with Crippen LogP contribution in [-0.2, 0) is 6.54 Å². The third-order valence-corrected chi connectivity index (χ3v) is 4.05. The van der Waals surface area contributed by atoms with E-state index in [1.165, 1.54) is 12.0 Å². The topological polar surface area (TPSA) is 47.7 Å². The van der Waals surface area contributed by atoms with E-state index in [0.717, 1.165) is 31.9 Å². The van der Waals surface area contributed by atoms with Gasteiger partial charge in [0.2, 0.25) is 0 Å². The number of benzene rings is 1. The largest absolute Gasteiger partial charge is 0.486 e. The van der Waals surface area contributed by atoms with Crippen molar-refractivity contribution in [2.24, 2.45) is 11.7 Å². The van der Waals surface area contributed by atoms with Crippen LogP contribution in [0.1, 0.15) is 12.0 Å². The minimum absolute atomic E-state index is 0.566. The normalized spacial score (nSPS) is 22.7. The molecule has 0 aliphatic carbocycles. The average Bonchev–Trinajstić information content (AvgIpc) is 2.86. The van der Waals surface area contributed by atoms with Crippen LogP contribution in [0.2, 0.25) is 5.02 Å². The van der Waals surface area contributed by atoms with Crippen LogP contribution in [-0.4, -0.2) is 37.7 Å². The third kappa shape index (κ3) is 2.81. The highest BCUT2D eigenvalue weighted by molar-refractivity contribution is 6.32. The molecule has 0 spiro atoms. The molecule has 104 valence electrons. The molecule has 0 aromatic heterocycles. The molecule has 2 N–H and O–H groups in total. The van der Waals surface area contributed by atoms with E-state index in [0.29, 0.717) is 29.9 Å². The van der Waals surface area contributed by atoms with Crippen LogP contribution < -0.4 is 15.2 Å². The Morgan fingerprint density at radius 1 is 1.32 bits per heavy atom. The summed E-state index contributed by atoms with van der Waals surface area (Å²) in [7, 11) is 0. The zero-order valence-electron chi connectivity index (χ0n) is 10.9. The van der Waals surface area contributed by atoms with Gasteiger partial charge in [-0.25, -0.2) is 0 Å². The SMILES string of the molecule is NCC1CCN(Cc2cc(Cl)c3c(c2)OCCO3)C1. The number of hydrogen-bond acceptors (Lipinski definition) is 4. The van der Waals surface area contributed by atoms with E-state index >= 15 is 0 Å². The summed E-state index contributed by atoms with van der Waals surface area (Å²) < 4.78 is 11.1. The molecule has 0 amide bonds. The predicted octanol–water partition coefficient (Wildman–Crippen LogP) is 1.89. The fraction of sp³-hybridized carbons (Fsp3) is 0.571. The monoisotopic (exact) mass is 282 g/mol. The van der Waals surface area contributed by atoms with Crippen LogP contribution in [0.3, 0.4) is 0 Å². The van der Waals surface area contributed by atoms with E-state index in [-0.39, 0.29) is 0 Å². The van der Waals surface area contributed by atoms with Gasteiger partial charge in [0.1, 0.15) is 13.2 Å². The van der Waals surface area contributed by atoms with Crippen LogP contribution in [0.25, 0.3) is 0 Å². The van der Waals surface area contributed by atoms with Gasteiger partial charge in [0.05, 0.1) is 5.02 Å². The first kappa shape index (κ1) is 13.0. The van der Waals surface area contributed by atoms with Gasteiger partial charge in [-0.3, -0.25) is 4.90 Å². The fourth-order valence-electron chi connectivity index (χ4n) is 2.76. The van der Waals surface area contributed by atoms with E-state index < -0.39 is 0 Å². The van der Waals surface area contributed by atoms with Gasteiger partial charge in [0.15, 0.2) is 11.5 Å². The van der Waals surface area contributed by atoms with E-state index in [2.05, 4.69) is 4.90 Å². The van der Waals surface area contributed by atoms with Crippen molar-refractivity contribution in [2.45, 2.75) is 13.0 Å². The molecular weight excluding hydrogens is 264 g/mol. The molecule has 1 aromatic rings. The Kier molecular flexibility index (Phi) is 3.82. The number of halogens is 1. The van der Waals surface area contributed by atoms with Crippen molar-refractivity contribution in [3.8, 4) is 11.5 Å². The molecular formula is C14H19ClN2O2. The second-order valence-electron chi connectivity index (χ2n) is 5.23. The summed E-state index contributed by atoms with van der Waals surface area (Å²) in [5.74, 6) is 2.08. The number of likely N-dealkylation sites (tertiary alicyclic amines) is 1. The number of rotatable bonds is 3. The molecule has 2 aliphatic rings. The maximum Gasteiger partial charge on any atom is 0.179 e. The van der Waals surface area contributed by atoms with E-state index in [4.69, 9.17) is 26.8 Å². The quantitative estimate of drug-likeness (QED) is 0.920. The highest BCUT2D eigenvalue weighted by Gasteiger charge is 2.22. The van der Waals surface area contributed by atoms with Crippen molar-refractivity contribution in [2.75, 3.05) is 32.8 Å². The summed E-state index contributed by atoms with van der Waals surface area (Å²) in [5.41, 5.74) is 6.89. The maximum absolute atomic E-state index is 6.25. The summed E-state index contributed by atoms with van der Waals surface area (Å²) in [6.45, 7) is 5.00. The molecule has 2 aliphatic heterocycles. The molecule has 0 radical (unpaired) electrons. The van der Waals surface area contributed by atoms with Crippen LogP contribution in [0.15, 0.2) is 12.1 Å². The summed E-state index contributed by atoms with van der Waals surface area (Å²) in [5, 5.41) is 0.641. The number of ether oxygens (including phenoxy) is 2. The molecule has 1 atom stereocenters. The Labute approximate surface area is 118 Å². The number of nitrogens with two attached hydrogens (primary N) is 1. The highest BCUT2D eigenvalue weighted by Crippen LogP contribution is 2.38. The van der Waals surface area contributed by atoms with Gasteiger partial charge >= 0.3 is 0 Å². The van der Waals surface area contributed by atoms with Crippen molar-refractivity contribution < 1.29 is 9.47 Å². The summed E-state index contributed by atoms with van der Waals surface area (Å²) in [4.78, 5) is 2.42. The van der Waals surface area contributed by atoms with Crippen molar-refractivity contribution in [1.82, 2.24) is 4.90 Å². The van der Waals surface area contributed by atoms with Gasteiger partial charge < -0.3 is 15.2 Å². The van der Waals surface area contributed by atoms with Gasteiger partial charge in [-0.15, -0.1) is 0 Å². The molecule has 1 aromatic carbocycles. The van der Waals surface area contributed by atoms with Gasteiger partial charge in [-0.05, 0) is 43.1 Å². The number of fused-ring (bicyclic) bond motifs is 1. The van der Waals surface area contributed by atoms with Crippen LogP contribution in [0.5, 0.6) is 11.5 Å². The van der Waals surface area contributed by atoms with Gasteiger partial charge in [-0.1, -0.05) is 11.6 Å². The molecule has 2 heterocycles. The van der Waals surface area contributed by atoms with Crippen LogP contribution in [0, 0.1) is 5.92 Å². The Morgan fingerprint density at radius 3 is 2.95 bits per heavy atom. The first-order valence-corrected chi connectivity index (χ1v) is 7.14. The standard InChI is InChI=1S/C14H19ClN2O2/c15-12-5-11(6-13-14(12)19-4-3-18-13)9-17-2-1-10(7-16)8-17/h5-6,10H,1-4,7-9,16H2. The lowest BCUT2D eigenvalue weighted by molar-refractivity contribution is 0.171. The zero-order chi connectivity index (χ0) is 13.2. The van der Waals surface area contributed by atoms with Crippen LogP contribution in [0.4, 0.5) is 0 Å². The molecule has 1 saturated heterocycles. The summed E-state index contributed by atoms with van der Waals surface area (Å²) in [6, 6.07) is 4.01. The average molecular weight is 283 g/mol. The lowest BCUT2D eigenvalue weighted by Gasteiger charge is -2.22. The van der Waals surface area contributed by atoms with E-state index in [1.54, 1.807) is 0 Å². The fourth-order valence-corrected chi connectivity index (χ4v) is 3.05. The maximum atomic E-state index is 6.25. The van der Waals surface area contributed by atoms with Gasteiger partial charge in [0, 0.05) is 13.1 Å². The second-order valence-corrected chi connectivity index (χ2v) is 5.63. The summed E-state index contributed by atoms with van der Waals surface area (Å²) >= 11 is 6.25. The van der Waals surface area contributed by atoms with Crippen molar-refractivity contribution in [3.05, 3.63) is 22.7 Å². The van der Waals surface area contributed by atoms with Crippen molar-refractivity contribution >= 4 is 11.6 Å². The Morgan fingerprint density at radius 2 is 2.16 bits per heavy atom. The molecule has 0 bridgehead atoms. The molecule has 19 heavy (non-hydrogen) atoms. The molecule has 4 nitrogen and oxygen atoms in total. The lowest BCUT2D eigenvalue weighted by Crippen LogP contribution is -2.23. The lowest BCUT2D eigenvalue weighted by atomic mass is 10.1. The molecule has 1 unspecified atom stereocenters. The second kappa shape index (κ2) is 5.57. The third-order valence-electron chi connectivity index (χ3n) is 3.77. The Bertz CT molecular complexity index is 467. The highest BCUT2D eigenvalue weighted by atomic mass is 35.5. The number of hydrogen-bond donors (Lipinski definition) is 1. The Balaban J connectivity index is 1.73. The van der Waals surface area contributed by atoms with E-state index in [9.17, 15) is 0 Å². The number of nitrogens with zero attached hydrogens (tertiary/aromatic N) is 1. The van der Waals surface area contributed by atoms with Crippen LogP contribution >= 0.6 is 11.6 Å². The first-order chi connectivity index (χ1) is 9.26. The van der Waals surface area contributed by atoms with Crippen molar-refractivity contribution in [1.29, 1.82) is 0 Å². The zero-order valence-corrected chi connectivity index (χ0v) is 11.7. The predicted molar refractivity (Wildman–Crippen MR) is 74.9 cm³/mol. The Hall–Kier alpha value is -0.970. The smallest absolute Gasteiger partial charge is 0.179 e. The van der Waals surface area contributed by atoms with E-state index in [1.807, 2.05) is 12.1 Å². The minimum Gasteiger partial charge on any atom is -0.486 e. The summed E-state index contributed by atoms with van der Waals surface area (Å²) in [6.07, 6.45) is 1.19. The molecule has 1 fully saturated rings. The molecule has 3 rings (SSSR count).